The van der Waals surface area contributed by atoms with Gasteiger partial charge in [0, 0.05) is 10.2 Å². The number of azide groups is 1. The molecule has 0 radical (unpaired) electrons. The van der Waals surface area contributed by atoms with Crippen molar-refractivity contribution in [2.45, 2.75) is 30.4 Å². The largest absolute Gasteiger partial charge is 0.157 e. The number of hydrogen-bond acceptors (Lipinski definition) is 3. The molecular weight excluding hydrogens is 190 g/mol. The van der Waals surface area contributed by atoms with Crippen molar-refractivity contribution in [2.75, 3.05) is 11.5 Å². The summed E-state index contributed by atoms with van der Waals surface area (Å²) in [6.07, 6.45) is 1.22. The molecular formula is C7H13N3S2. The summed E-state index contributed by atoms with van der Waals surface area (Å²) < 4.78 is 0. The third-order valence-corrected chi connectivity index (χ3v) is 5.19. The normalized spacial score (nSPS) is 36.7. The highest BCUT2D eigenvalue weighted by atomic mass is 32.2. The number of rotatable bonds is 1. The highest BCUT2D eigenvalue weighted by molar-refractivity contribution is 8.04. The van der Waals surface area contributed by atoms with Crippen molar-refractivity contribution in [3.8, 4) is 0 Å². The monoisotopic (exact) mass is 203 g/mol. The van der Waals surface area contributed by atoms with Gasteiger partial charge in [-0.25, -0.2) is 0 Å². The van der Waals surface area contributed by atoms with E-state index in [1.54, 1.807) is 11.8 Å². The summed E-state index contributed by atoms with van der Waals surface area (Å²) in [6, 6.07) is 0. The smallest absolute Gasteiger partial charge is 0.103 e. The maximum absolute atomic E-state index is 8.43. The van der Waals surface area contributed by atoms with E-state index in [9.17, 15) is 0 Å². The fourth-order valence-corrected chi connectivity index (χ4v) is 3.71. The van der Waals surface area contributed by atoms with Gasteiger partial charge in [-0.05, 0) is 30.4 Å². The molecule has 68 valence electrons. The number of nitrogens with zero attached hydrogens (tertiary/aromatic N) is 3. The zero-order valence-electron chi connectivity index (χ0n) is 7.36. The summed E-state index contributed by atoms with van der Waals surface area (Å²) in [5.41, 5.74) is 8.43. The van der Waals surface area contributed by atoms with E-state index in [0.29, 0.717) is 5.25 Å². The quantitative estimate of drug-likeness (QED) is 0.373. The number of thioether (sulfide) groups is 2. The Bertz CT molecular complexity index is 203. The van der Waals surface area contributed by atoms with Crippen LogP contribution >= 0.6 is 23.5 Å². The van der Waals surface area contributed by atoms with Crippen molar-refractivity contribution in [1.82, 2.24) is 0 Å². The summed E-state index contributed by atoms with van der Waals surface area (Å²) in [4.78, 5) is 2.67. The van der Waals surface area contributed by atoms with Crippen molar-refractivity contribution in [3.63, 3.8) is 0 Å². The maximum atomic E-state index is 8.43. The minimum atomic E-state index is -0.240. The summed E-state index contributed by atoms with van der Waals surface area (Å²) >= 11 is 3.68. The lowest BCUT2D eigenvalue weighted by Gasteiger charge is -2.27. The zero-order chi connectivity index (χ0) is 9.03. The Balaban J connectivity index is 2.75. The van der Waals surface area contributed by atoms with Crippen molar-refractivity contribution in [2.24, 2.45) is 5.11 Å². The van der Waals surface area contributed by atoms with E-state index in [2.05, 4.69) is 16.9 Å². The van der Waals surface area contributed by atoms with Crippen LogP contribution in [0.5, 0.6) is 0 Å². The first-order chi connectivity index (χ1) is 5.69. The molecule has 0 aliphatic carbocycles. The number of hydrogen-bond donors (Lipinski definition) is 0. The van der Waals surface area contributed by atoms with Gasteiger partial charge in [-0.3, -0.25) is 0 Å². The van der Waals surface area contributed by atoms with Gasteiger partial charge in [-0.1, -0.05) is 12.0 Å². The molecule has 0 amide bonds. The lowest BCUT2D eigenvalue weighted by Crippen LogP contribution is -2.27. The molecule has 0 unspecified atom stereocenters. The molecule has 1 aliphatic rings. The van der Waals surface area contributed by atoms with Crippen LogP contribution in [0.2, 0.25) is 0 Å². The molecule has 1 rings (SSSR count). The predicted molar refractivity (Wildman–Crippen MR) is 56.5 cm³/mol. The van der Waals surface area contributed by atoms with Gasteiger partial charge < -0.3 is 0 Å². The SMILES string of the molecule is C[C@@H]1SCCCS[C@]1(C)N=[N+]=[N-]. The van der Waals surface area contributed by atoms with E-state index in [1.807, 2.05) is 18.7 Å². The molecule has 0 spiro atoms. The second-order valence-corrected chi connectivity index (χ2v) is 5.93. The molecule has 0 N–H and O–H groups in total. The first-order valence-electron chi connectivity index (χ1n) is 4.01. The first kappa shape index (κ1) is 10.1. The van der Waals surface area contributed by atoms with Gasteiger partial charge in [0.25, 0.3) is 0 Å². The Morgan fingerprint density at radius 3 is 3.00 bits per heavy atom. The molecule has 0 aromatic heterocycles. The first-order valence-corrected chi connectivity index (χ1v) is 6.04. The molecule has 1 saturated heterocycles. The van der Waals surface area contributed by atoms with Crippen molar-refractivity contribution >= 4 is 23.5 Å². The van der Waals surface area contributed by atoms with E-state index >= 15 is 0 Å². The average Bonchev–Trinajstić information content (AvgIpc) is 2.17. The summed E-state index contributed by atoms with van der Waals surface area (Å²) in [5, 5.41) is 4.30. The van der Waals surface area contributed by atoms with Gasteiger partial charge >= 0.3 is 0 Å². The predicted octanol–water partition coefficient (Wildman–Crippen LogP) is 3.27. The molecule has 0 bridgehead atoms. The Morgan fingerprint density at radius 1 is 1.58 bits per heavy atom. The van der Waals surface area contributed by atoms with E-state index < -0.39 is 0 Å². The lowest BCUT2D eigenvalue weighted by atomic mass is 10.2. The molecule has 0 saturated carbocycles. The van der Waals surface area contributed by atoms with Crippen LogP contribution in [-0.4, -0.2) is 21.6 Å². The Hall–Kier alpha value is 0.01000. The molecule has 12 heavy (non-hydrogen) atoms. The van der Waals surface area contributed by atoms with Gasteiger partial charge in [0.1, 0.15) is 4.87 Å². The van der Waals surface area contributed by atoms with Crippen molar-refractivity contribution < 1.29 is 0 Å². The molecule has 1 aliphatic heterocycles. The molecule has 2 atom stereocenters. The Morgan fingerprint density at radius 2 is 2.33 bits per heavy atom. The third-order valence-electron chi connectivity index (χ3n) is 2.05. The van der Waals surface area contributed by atoms with Gasteiger partial charge in [-0.2, -0.15) is 11.8 Å². The molecule has 0 aromatic rings. The van der Waals surface area contributed by atoms with Crippen LogP contribution in [0.4, 0.5) is 0 Å². The van der Waals surface area contributed by atoms with E-state index in [1.165, 1.54) is 12.2 Å². The molecule has 5 heteroatoms. The standard InChI is InChI=1S/C7H13N3S2/c1-6-7(2,9-10-8)12-5-3-4-11-6/h6H,3-5H2,1-2H3/t6-,7-/m0/s1. The lowest BCUT2D eigenvalue weighted by molar-refractivity contribution is 0.664. The van der Waals surface area contributed by atoms with Crippen LogP contribution in [0.15, 0.2) is 5.11 Å². The molecule has 1 fully saturated rings. The second kappa shape index (κ2) is 4.30. The minimum Gasteiger partial charge on any atom is -0.157 e. The van der Waals surface area contributed by atoms with E-state index in [-0.39, 0.29) is 4.87 Å². The Labute approximate surface area is 81.3 Å². The maximum Gasteiger partial charge on any atom is 0.103 e. The molecule has 1 heterocycles. The highest BCUT2D eigenvalue weighted by Crippen LogP contribution is 2.40. The minimum absolute atomic E-state index is 0.240. The summed E-state index contributed by atoms with van der Waals surface area (Å²) in [6.45, 7) is 4.16. The van der Waals surface area contributed by atoms with Crippen molar-refractivity contribution in [1.29, 1.82) is 0 Å². The van der Waals surface area contributed by atoms with Crippen LogP contribution in [0, 0.1) is 0 Å². The van der Waals surface area contributed by atoms with Gasteiger partial charge in [-0.15, -0.1) is 11.8 Å². The second-order valence-electron chi connectivity index (χ2n) is 2.96. The van der Waals surface area contributed by atoms with Crippen LogP contribution in [0.3, 0.4) is 0 Å². The fourth-order valence-electron chi connectivity index (χ4n) is 1.07. The van der Waals surface area contributed by atoms with Crippen LogP contribution in [0.25, 0.3) is 10.4 Å². The van der Waals surface area contributed by atoms with Crippen LogP contribution in [0.1, 0.15) is 20.3 Å². The van der Waals surface area contributed by atoms with E-state index in [0.717, 1.165) is 5.75 Å². The van der Waals surface area contributed by atoms with Crippen LogP contribution in [-0.2, 0) is 0 Å². The van der Waals surface area contributed by atoms with Gasteiger partial charge in [0.15, 0.2) is 0 Å². The molecule has 3 nitrogen and oxygen atoms in total. The zero-order valence-corrected chi connectivity index (χ0v) is 8.99. The third kappa shape index (κ3) is 2.25. The molecule has 0 aromatic carbocycles. The highest BCUT2D eigenvalue weighted by Gasteiger charge is 2.32. The average molecular weight is 203 g/mol. The van der Waals surface area contributed by atoms with Crippen LogP contribution < -0.4 is 0 Å². The summed E-state index contributed by atoms with van der Waals surface area (Å²) in [5.74, 6) is 2.29. The summed E-state index contributed by atoms with van der Waals surface area (Å²) in [7, 11) is 0. The van der Waals surface area contributed by atoms with E-state index in [4.69, 9.17) is 5.53 Å². The fraction of sp³-hybridized carbons (Fsp3) is 1.00. The van der Waals surface area contributed by atoms with Gasteiger partial charge in [0.05, 0.1) is 0 Å². The van der Waals surface area contributed by atoms with Crippen molar-refractivity contribution in [3.05, 3.63) is 10.4 Å². The van der Waals surface area contributed by atoms with Gasteiger partial charge in [0.2, 0.25) is 0 Å². The topological polar surface area (TPSA) is 48.8 Å². The Kier molecular flexibility index (Phi) is 3.62.